The van der Waals surface area contributed by atoms with Gasteiger partial charge in [-0.15, -0.1) is 5.56 Å². The quantitative estimate of drug-likeness (QED) is 0.0249. The number of rotatable bonds is 28. The molecule has 0 saturated heterocycles. The fraction of sp³-hybridized carbons (Fsp3) is 0.500. The Morgan fingerprint density at radius 2 is 1.17 bits per heavy atom. The molecule has 3 aromatic carbocycles. The van der Waals surface area contributed by atoms with Crippen molar-refractivity contribution in [2.75, 3.05) is 23.0 Å². The molecule has 7 nitrogen and oxygen atoms in total. The average Bonchev–Trinajstić information content (AvgIpc) is 3.98. The molecule has 1 aliphatic heterocycles. The number of hydrogen-bond acceptors (Lipinski definition) is 6. The van der Waals surface area contributed by atoms with Gasteiger partial charge in [-0.25, -0.2) is 29.2 Å². The molecule has 0 unspecified atom stereocenters. The Hall–Kier alpha value is -3.04. The number of nitrogens with one attached hydrogen (secondary N) is 2. The average molecular weight is 816 g/mol. The summed E-state index contributed by atoms with van der Waals surface area (Å²) in [6.45, 7) is 1.27. The van der Waals surface area contributed by atoms with Crippen LogP contribution in [-0.4, -0.2) is 41.7 Å². The largest absolute Gasteiger partial charge is 2.00 e. The topological polar surface area (TPSA) is 95.6 Å². The van der Waals surface area contributed by atoms with E-state index < -0.39 is 0 Å². The van der Waals surface area contributed by atoms with Crippen LogP contribution in [0.3, 0.4) is 0 Å². The van der Waals surface area contributed by atoms with Gasteiger partial charge in [-0.05, 0) is 43.9 Å². The van der Waals surface area contributed by atoms with Crippen LogP contribution in [0.25, 0.3) is 0 Å². The molecule has 0 radical (unpaired) electrons. The molecule has 0 saturated carbocycles. The molecule has 0 bridgehead atoms. The molecule has 0 aliphatic carbocycles. The van der Waals surface area contributed by atoms with Gasteiger partial charge >= 0.3 is 17.1 Å². The SMILES string of the molecule is O=C(CCCCCCCCCCSSCCCCCCCCCCCNC(=O)c1cccc(N2C(=O)C=CC2=O)c1)NCc1ccc[cH-]1.[Fe+2].c1cc[cH-]c1. The summed E-state index contributed by atoms with van der Waals surface area (Å²) < 4.78 is 0. The predicted octanol–water partition coefficient (Wildman–Crippen LogP) is 10.7. The fourth-order valence-corrected chi connectivity index (χ4v) is 8.33. The van der Waals surface area contributed by atoms with Gasteiger partial charge in [-0.2, -0.15) is 30.3 Å². The zero-order chi connectivity index (χ0) is 37.6. The number of unbranched alkanes of at least 4 members (excludes halogenated alkanes) is 15. The van der Waals surface area contributed by atoms with E-state index in [-0.39, 0.29) is 40.7 Å². The molecule has 10 heteroatoms. The maximum absolute atomic E-state index is 12.5. The first-order chi connectivity index (χ1) is 26.0. The van der Waals surface area contributed by atoms with Gasteiger partial charge in [0.05, 0.1) is 5.69 Å². The van der Waals surface area contributed by atoms with E-state index in [1.54, 1.807) is 24.3 Å². The molecule has 4 rings (SSSR count). The molecule has 2 N–H and O–H groups in total. The number of carbonyl (C=O) groups excluding carboxylic acids is 4. The minimum Gasteiger partial charge on any atom is -0.354 e. The van der Waals surface area contributed by atoms with Gasteiger partial charge in [-0.3, -0.25) is 19.2 Å². The maximum atomic E-state index is 12.5. The van der Waals surface area contributed by atoms with E-state index in [2.05, 4.69) is 10.6 Å². The minimum absolute atomic E-state index is 0. The smallest absolute Gasteiger partial charge is 0.354 e. The van der Waals surface area contributed by atoms with E-state index in [0.717, 1.165) is 30.6 Å². The van der Waals surface area contributed by atoms with E-state index >= 15 is 0 Å². The molecule has 0 aromatic heterocycles. The number of anilines is 1. The monoisotopic (exact) mass is 815 g/mol. The summed E-state index contributed by atoms with van der Waals surface area (Å²) in [5, 5.41) is 5.95. The Bertz CT molecular complexity index is 1410. The molecule has 4 amide bonds. The number of hydrogen-bond donors (Lipinski definition) is 2. The number of amides is 4. The second-order valence-corrected chi connectivity index (χ2v) is 16.3. The Morgan fingerprint density at radius 1 is 0.611 bits per heavy atom. The Labute approximate surface area is 343 Å². The van der Waals surface area contributed by atoms with Gasteiger partial charge in [0.25, 0.3) is 17.7 Å². The summed E-state index contributed by atoms with van der Waals surface area (Å²) in [6, 6.07) is 24.7. The van der Waals surface area contributed by atoms with E-state index in [1.165, 1.54) is 113 Å². The van der Waals surface area contributed by atoms with Crippen LogP contribution in [0.1, 0.15) is 131 Å². The molecule has 0 atom stereocenters. The summed E-state index contributed by atoms with van der Waals surface area (Å²) in [5.74, 6) is 1.75. The van der Waals surface area contributed by atoms with Crippen LogP contribution >= 0.6 is 21.6 Å². The molecule has 0 fully saturated rings. The van der Waals surface area contributed by atoms with Gasteiger partial charge in [-0.1, -0.05) is 111 Å². The van der Waals surface area contributed by atoms with Crippen molar-refractivity contribution in [3.05, 3.63) is 102 Å². The molecular formula is C44H61FeN3O4S2. The summed E-state index contributed by atoms with van der Waals surface area (Å²) >= 11 is 0. The van der Waals surface area contributed by atoms with Crippen LogP contribution < -0.4 is 15.5 Å². The van der Waals surface area contributed by atoms with Gasteiger partial charge in [0.2, 0.25) is 5.91 Å². The Kier molecular flexibility index (Phi) is 27.2. The molecule has 0 spiro atoms. The van der Waals surface area contributed by atoms with E-state index in [0.29, 0.717) is 30.8 Å². The van der Waals surface area contributed by atoms with Crippen molar-refractivity contribution in [1.82, 2.24) is 10.6 Å². The van der Waals surface area contributed by atoms with E-state index in [1.807, 2.05) is 76.2 Å². The molecule has 1 heterocycles. The maximum Gasteiger partial charge on any atom is 2.00 e. The van der Waals surface area contributed by atoms with Crippen molar-refractivity contribution in [2.24, 2.45) is 0 Å². The van der Waals surface area contributed by atoms with Crippen molar-refractivity contribution >= 4 is 50.9 Å². The number of carbonyl (C=O) groups is 4. The third-order valence-corrected chi connectivity index (χ3v) is 11.7. The minimum atomic E-state index is -0.386. The third kappa shape index (κ3) is 21.7. The predicted molar refractivity (Wildman–Crippen MR) is 224 cm³/mol. The van der Waals surface area contributed by atoms with Crippen LogP contribution in [0.4, 0.5) is 5.69 Å². The van der Waals surface area contributed by atoms with Crippen LogP contribution in [0.5, 0.6) is 0 Å². The van der Waals surface area contributed by atoms with Crippen LogP contribution in [-0.2, 0) is 38.0 Å². The van der Waals surface area contributed by atoms with Crippen LogP contribution in [0.2, 0.25) is 0 Å². The molecular weight excluding hydrogens is 754 g/mol. The molecule has 3 aromatic rings. The Balaban J connectivity index is 0.00000155. The Morgan fingerprint density at radius 3 is 1.70 bits per heavy atom. The first kappa shape index (κ1) is 47.1. The number of nitrogens with zero attached hydrogens (tertiary/aromatic N) is 1. The zero-order valence-corrected chi connectivity index (χ0v) is 34.7. The van der Waals surface area contributed by atoms with Crippen molar-refractivity contribution in [3.8, 4) is 0 Å². The summed E-state index contributed by atoms with van der Waals surface area (Å²) in [6.07, 6.45) is 24.2. The molecule has 54 heavy (non-hydrogen) atoms. The van der Waals surface area contributed by atoms with E-state index in [4.69, 9.17) is 0 Å². The van der Waals surface area contributed by atoms with Crippen molar-refractivity contribution in [3.63, 3.8) is 0 Å². The summed E-state index contributed by atoms with van der Waals surface area (Å²) in [7, 11) is 4.09. The van der Waals surface area contributed by atoms with E-state index in [9.17, 15) is 19.2 Å². The van der Waals surface area contributed by atoms with Crippen molar-refractivity contribution in [1.29, 1.82) is 0 Å². The fourth-order valence-electron chi connectivity index (χ4n) is 6.03. The standard InChI is InChI=1S/C39H56N3O4S2.C5H5.Fe/c43-36(41-32-33-21-15-16-22-33)25-14-10-6-2-5-9-13-19-30-48-47-29-18-12-8-4-1-3-7-11-17-28-40-39(46)34-23-20-24-35(31-34)42-37(44)26-27-38(42)45;1-2-4-5-3-1;/h15-16,20-24,26-27,31H,1-14,17-19,25,28-30,32H2,(H,40,46)(H,41,43);1-5H;/q2*-1;+2. The third-order valence-electron chi connectivity index (χ3n) is 9.11. The van der Waals surface area contributed by atoms with Crippen LogP contribution in [0.15, 0.2) is 91.0 Å². The van der Waals surface area contributed by atoms with Crippen molar-refractivity contribution in [2.45, 2.75) is 122 Å². The summed E-state index contributed by atoms with van der Waals surface area (Å²) in [5.41, 5.74) is 2.04. The van der Waals surface area contributed by atoms with Crippen LogP contribution in [0, 0.1) is 0 Å². The number of benzene rings is 1. The first-order valence-corrected chi connectivity index (χ1v) is 22.4. The van der Waals surface area contributed by atoms with Crippen molar-refractivity contribution < 1.29 is 36.2 Å². The second kappa shape index (κ2) is 31.2. The van der Waals surface area contributed by atoms with Gasteiger partial charge in [0.1, 0.15) is 0 Å². The molecule has 1 aliphatic rings. The van der Waals surface area contributed by atoms with Gasteiger partial charge in [0.15, 0.2) is 0 Å². The summed E-state index contributed by atoms with van der Waals surface area (Å²) in [4.78, 5) is 49.3. The second-order valence-electron chi connectivity index (χ2n) is 13.6. The first-order valence-electron chi connectivity index (χ1n) is 19.9. The molecule has 296 valence electrons. The normalized spacial score (nSPS) is 12.0. The van der Waals surface area contributed by atoms with Gasteiger partial charge in [0, 0.05) is 48.7 Å². The zero-order valence-electron chi connectivity index (χ0n) is 32.0. The van der Waals surface area contributed by atoms with Gasteiger partial charge < -0.3 is 10.6 Å². The number of imide groups is 1.